The van der Waals surface area contributed by atoms with E-state index in [-0.39, 0.29) is 24.8 Å². The molecular weight excluding hydrogens is 263 g/mol. The van der Waals surface area contributed by atoms with E-state index in [9.17, 15) is 0 Å². The fourth-order valence-corrected chi connectivity index (χ4v) is 2.71. The minimum Gasteiger partial charge on any atom is -0.147 e. The Labute approximate surface area is 117 Å². The minimum atomic E-state index is 0. The molecule has 0 aromatic heterocycles. The first-order valence-corrected chi connectivity index (χ1v) is 5.66. The second-order valence-electron chi connectivity index (χ2n) is 4.12. The molecule has 0 aliphatic carbocycles. The zero-order valence-corrected chi connectivity index (χ0v) is 12.9. The zero-order valence-electron chi connectivity index (χ0n) is 9.70. The van der Waals surface area contributed by atoms with Crippen molar-refractivity contribution in [1.82, 2.24) is 0 Å². The molecule has 0 heterocycles. The molecule has 0 nitrogen and oxygen atoms in total. The molecule has 0 amide bonds. The van der Waals surface area contributed by atoms with Gasteiger partial charge in [0.1, 0.15) is 0 Å². The molecule has 0 fully saturated rings. The van der Waals surface area contributed by atoms with Crippen LogP contribution in [0.4, 0.5) is 0 Å². The minimum absolute atomic E-state index is 0. The second kappa shape index (κ2) is 7.73. The van der Waals surface area contributed by atoms with Gasteiger partial charge in [0.05, 0.1) is 0 Å². The Hall–Kier alpha value is 0.514. The third kappa shape index (κ3) is 4.48. The predicted molar refractivity (Wildman–Crippen MR) is 68.8 cm³/mol. The molecule has 1 aromatic carbocycles. The van der Waals surface area contributed by atoms with Gasteiger partial charge in [-0.1, -0.05) is 0 Å². The van der Waals surface area contributed by atoms with Crippen molar-refractivity contribution in [2.24, 2.45) is 0 Å². The van der Waals surface area contributed by atoms with E-state index < -0.39 is 0 Å². The topological polar surface area (TPSA) is 0 Å². The summed E-state index contributed by atoms with van der Waals surface area (Å²) in [6, 6.07) is 6.66. The fourth-order valence-electron chi connectivity index (χ4n) is 1.55. The standard InChI is InChI=1S/C12H17.2ClH.Ti/c1-9(2)11-6-5-7-12(8-11)10(3)4;;;/h5-7,9-10H,1-4H3;2*1H;. The third-order valence-corrected chi connectivity index (χ3v) is 3.27. The van der Waals surface area contributed by atoms with Gasteiger partial charge in [-0.05, 0) is 0 Å². The van der Waals surface area contributed by atoms with Crippen molar-refractivity contribution in [3.8, 4) is 0 Å². The number of halogens is 2. The van der Waals surface area contributed by atoms with Crippen molar-refractivity contribution < 1.29 is 20.4 Å². The Morgan fingerprint density at radius 1 is 0.867 bits per heavy atom. The van der Waals surface area contributed by atoms with E-state index in [1.54, 1.807) is 0 Å². The normalized spacial score (nSPS) is 9.67. The molecule has 0 N–H and O–H groups in total. The van der Waals surface area contributed by atoms with Crippen LogP contribution in [0, 0.1) is 0 Å². The van der Waals surface area contributed by atoms with Gasteiger partial charge < -0.3 is 0 Å². The molecule has 0 bridgehead atoms. The molecule has 0 aliphatic rings. The maximum Gasteiger partial charge on any atom is -0.147 e. The summed E-state index contributed by atoms with van der Waals surface area (Å²) >= 11 is 2.24. The molecule has 1 rings (SSSR count). The van der Waals surface area contributed by atoms with Gasteiger partial charge in [-0.2, -0.15) is 0 Å². The van der Waals surface area contributed by atoms with Crippen LogP contribution in [0.15, 0.2) is 18.2 Å². The summed E-state index contributed by atoms with van der Waals surface area (Å²) in [7, 11) is 0. The van der Waals surface area contributed by atoms with E-state index in [4.69, 9.17) is 0 Å². The number of hydrogen-bond acceptors (Lipinski definition) is 0. The largest absolute Gasteiger partial charge is 0.147 e. The molecule has 3 heteroatoms. The monoisotopic (exact) mass is 281 g/mol. The average Bonchev–Trinajstić information content (AvgIpc) is 2.03. The molecule has 1 aromatic rings. The molecule has 0 atom stereocenters. The van der Waals surface area contributed by atoms with Gasteiger partial charge in [0, 0.05) is 0 Å². The molecule has 0 spiro atoms. The van der Waals surface area contributed by atoms with Gasteiger partial charge in [0.25, 0.3) is 0 Å². The molecule has 0 unspecified atom stereocenters. The van der Waals surface area contributed by atoms with Crippen LogP contribution in [-0.4, -0.2) is 0 Å². The van der Waals surface area contributed by atoms with Crippen molar-refractivity contribution >= 4 is 28.7 Å². The van der Waals surface area contributed by atoms with E-state index in [2.05, 4.69) is 66.3 Å². The Bertz CT molecular complexity index is 269. The second-order valence-corrected chi connectivity index (χ2v) is 4.90. The first-order valence-electron chi connectivity index (χ1n) is 4.88. The smallest absolute Gasteiger partial charge is 0.147 e. The van der Waals surface area contributed by atoms with Crippen molar-refractivity contribution in [1.29, 1.82) is 0 Å². The van der Waals surface area contributed by atoms with Gasteiger partial charge in [-0.3, -0.25) is 0 Å². The third-order valence-electron chi connectivity index (χ3n) is 2.37. The molecule has 0 radical (unpaired) electrons. The van der Waals surface area contributed by atoms with Crippen LogP contribution in [-0.2, 0) is 20.4 Å². The summed E-state index contributed by atoms with van der Waals surface area (Å²) in [6.45, 7) is 9.03. The molecule has 0 aliphatic heterocycles. The molecule has 0 saturated heterocycles. The number of benzene rings is 1. The zero-order chi connectivity index (χ0) is 10.0. The summed E-state index contributed by atoms with van der Waals surface area (Å²) in [5, 5.41) is 0. The average molecular weight is 282 g/mol. The van der Waals surface area contributed by atoms with Crippen LogP contribution in [0.25, 0.3) is 0 Å². The quantitative estimate of drug-likeness (QED) is 0.720. The van der Waals surface area contributed by atoms with Gasteiger partial charge in [-0.15, -0.1) is 24.8 Å². The van der Waals surface area contributed by atoms with Crippen LogP contribution in [0.2, 0.25) is 0 Å². The van der Waals surface area contributed by atoms with Crippen LogP contribution in [0.5, 0.6) is 0 Å². The van der Waals surface area contributed by atoms with Crippen LogP contribution < -0.4 is 3.87 Å². The summed E-state index contributed by atoms with van der Waals surface area (Å²) in [6.07, 6.45) is 0. The summed E-state index contributed by atoms with van der Waals surface area (Å²) < 4.78 is 1.48. The van der Waals surface area contributed by atoms with Gasteiger partial charge in [0.15, 0.2) is 0 Å². The van der Waals surface area contributed by atoms with E-state index in [1.165, 1.54) is 15.0 Å². The summed E-state index contributed by atoms with van der Waals surface area (Å²) in [5.41, 5.74) is 2.98. The van der Waals surface area contributed by atoms with Crippen molar-refractivity contribution in [3.63, 3.8) is 0 Å². The SMILES string of the molecule is CC(C)c1cccc(C(C)C)[c]1[Ti].Cl.Cl. The molecule has 15 heavy (non-hydrogen) atoms. The van der Waals surface area contributed by atoms with Crippen LogP contribution in [0.3, 0.4) is 0 Å². The Kier molecular flexibility index (Phi) is 9.23. The van der Waals surface area contributed by atoms with E-state index in [0.717, 1.165) is 0 Å². The summed E-state index contributed by atoms with van der Waals surface area (Å²) in [4.78, 5) is 0. The maximum atomic E-state index is 2.26. The van der Waals surface area contributed by atoms with Gasteiger partial charge >= 0.3 is 93.2 Å². The van der Waals surface area contributed by atoms with Crippen LogP contribution in [0.1, 0.15) is 50.7 Å². The predicted octanol–water partition coefficient (Wildman–Crippen LogP) is 3.95. The van der Waals surface area contributed by atoms with Crippen molar-refractivity contribution in [3.05, 3.63) is 29.3 Å². The van der Waals surface area contributed by atoms with Crippen molar-refractivity contribution in [2.75, 3.05) is 0 Å². The molecule has 85 valence electrons. The van der Waals surface area contributed by atoms with Gasteiger partial charge in [-0.25, -0.2) is 0 Å². The van der Waals surface area contributed by atoms with E-state index in [1.807, 2.05) is 0 Å². The Morgan fingerprint density at radius 2 is 1.20 bits per heavy atom. The van der Waals surface area contributed by atoms with Crippen molar-refractivity contribution in [2.45, 2.75) is 39.5 Å². The first-order chi connectivity index (χ1) is 6.04. The summed E-state index contributed by atoms with van der Waals surface area (Å²) in [5.74, 6) is 1.28. The molecular formula is C12H19Cl2Ti. The Morgan fingerprint density at radius 3 is 1.47 bits per heavy atom. The van der Waals surface area contributed by atoms with Gasteiger partial charge in [0.2, 0.25) is 0 Å². The number of rotatable bonds is 2. The van der Waals surface area contributed by atoms with Crippen LogP contribution >= 0.6 is 24.8 Å². The van der Waals surface area contributed by atoms with E-state index in [0.29, 0.717) is 11.8 Å². The number of hydrogen-bond donors (Lipinski definition) is 0. The molecule has 0 saturated carbocycles. The maximum absolute atomic E-state index is 2.26. The first kappa shape index (κ1) is 17.9. The van der Waals surface area contributed by atoms with E-state index >= 15 is 0 Å². The Balaban J connectivity index is 0. The fraction of sp³-hybridized carbons (Fsp3) is 0.500.